The lowest BCUT2D eigenvalue weighted by Gasteiger charge is -2.38. The van der Waals surface area contributed by atoms with Gasteiger partial charge in [-0.2, -0.15) is 0 Å². The summed E-state index contributed by atoms with van der Waals surface area (Å²) in [5.74, 6) is 1.17. The predicted molar refractivity (Wildman–Crippen MR) is 148 cm³/mol. The van der Waals surface area contributed by atoms with Crippen LogP contribution in [0.15, 0.2) is 60.2 Å². The largest absolute Gasteiger partial charge is 0.497 e. The number of carbonyl (C=O) groups is 1. The van der Waals surface area contributed by atoms with Crippen LogP contribution >= 0.6 is 11.3 Å². The van der Waals surface area contributed by atoms with Gasteiger partial charge in [0.2, 0.25) is 0 Å². The van der Waals surface area contributed by atoms with Crippen molar-refractivity contribution in [3.05, 3.63) is 76.5 Å². The highest BCUT2D eigenvalue weighted by atomic mass is 32.1. The highest BCUT2D eigenvalue weighted by molar-refractivity contribution is 7.11. The molecule has 38 heavy (non-hydrogen) atoms. The number of methoxy groups -OCH3 is 2. The number of piperazine rings is 1. The van der Waals surface area contributed by atoms with Crippen molar-refractivity contribution < 1.29 is 18.7 Å². The van der Waals surface area contributed by atoms with Crippen LogP contribution in [-0.2, 0) is 11.3 Å². The van der Waals surface area contributed by atoms with E-state index in [-0.39, 0.29) is 11.7 Å². The first-order valence-electron chi connectivity index (χ1n) is 12.5. The first-order valence-corrected chi connectivity index (χ1v) is 13.3. The maximum absolute atomic E-state index is 14.1. The quantitative estimate of drug-likeness (QED) is 0.314. The van der Waals surface area contributed by atoms with E-state index in [0.717, 1.165) is 54.4 Å². The topological polar surface area (TPSA) is 71.0 Å². The second-order valence-electron chi connectivity index (χ2n) is 9.07. The van der Waals surface area contributed by atoms with Crippen molar-refractivity contribution in [2.45, 2.75) is 6.54 Å². The van der Waals surface area contributed by atoms with Gasteiger partial charge in [-0.25, -0.2) is 9.37 Å². The van der Waals surface area contributed by atoms with Gasteiger partial charge in [-0.05, 0) is 30.3 Å². The number of nitrogens with zero attached hydrogens (tertiary/aromatic N) is 5. The van der Waals surface area contributed by atoms with Crippen LogP contribution in [0.1, 0.15) is 15.2 Å². The van der Waals surface area contributed by atoms with Crippen molar-refractivity contribution in [1.82, 2.24) is 14.9 Å². The Labute approximate surface area is 225 Å². The molecule has 4 aromatic rings. The maximum Gasteiger partial charge on any atom is 0.265 e. The zero-order chi connectivity index (χ0) is 26.5. The number of rotatable bonds is 9. The number of aromatic nitrogens is 2. The molecule has 0 unspecified atom stereocenters. The summed E-state index contributed by atoms with van der Waals surface area (Å²) in [4.78, 5) is 29.2. The van der Waals surface area contributed by atoms with E-state index in [1.807, 2.05) is 24.3 Å². The van der Waals surface area contributed by atoms with E-state index in [9.17, 15) is 9.18 Å². The van der Waals surface area contributed by atoms with E-state index in [2.05, 4.69) is 20.9 Å². The Morgan fingerprint density at radius 3 is 2.63 bits per heavy atom. The van der Waals surface area contributed by atoms with Gasteiger partial charge in [0, 0.05) is 75.1 Å². The van der Waals surface area contributed by atoms with Crippen LogP contribution in [0.5, 0.6) is 5.75 Å². The zero-order valence-corrected chi connectivity index (χ0v) is 22.3. The number of pyridine rings is 1. The smallest absolute Gasteiger partial charge is 0.265 e. The molecule has 1 aliphatic rings. The fourth-order valence-electron chi connectivity index (χ4n) is 4.68. The molecular formula is C28H30FN5O3S. The molecule has 0 bridgehead atoms. The highest BCUT2D eigenvalue weighted by Gasteiger charge is 2.25. The van der Waals surface area contributed by atoms with Gasteiger partial charge in [0.1, 0.15) is 22.3 Å². The van der Waals surface area contributed by atoms with Crippen molar-refractivity contribution in [2.75, 3.05) is 63.4 Å². The lowest BCUT2D eigenvalue weighted by atomic mass is 10.1. The second kappa shape index (κ2) is 11.7. The number of amides is 1. The molecule has 1 saturated heterocycles. The van der Waals surface area contributed by atoms with E-state index in [4.69, 9.17) is 14.5 Å². The van der Waals surface area contributed by atoms with Crippen LogP contribution in [0, 0.1) is 5.82 Å². The molecule has 1 fully saturated rings. The number of carbonyl (C=O) groups excluding carboxylic acids is 1. The Kier molecular flexibility index (Phi) is 8.00. The molecule has 3 heterocycles. The summed E-state index contributed by atoms with van der Waals surface area (Å²) in [6, 6.07) is 14.7. The number of benzene rings is 2. The predicted octanol–water partition coefficient (Wildman–Crippen LogP) is 4.45. The van der Waals surface area contributed by atoms with Crippen LogP contribution in [0.25, 0.3) is 10.9 Å². The van der Waals surface area contributed by atoms with Crippen LogP contribution in [0.4, 0.5) is 15.9 Å². The normalized spacial score (nSPS) is 13.7. The number of hydrogen-bond donors (Lipinski definition) is 0. The number of thiazole rings is 1. The maximum atomic E-state index is 14.1. The lowest BCUT2D eigenvalue weighted by molar-refractivity contribution is 0.0685. The minimum Gasteiger partial charge on any atom is -0.497 e. The Balaban J connectivity index is 1.44. The molecule has 0 atom stereocenters. The minimum absolute atomic E-state index is 0.0995. The number of fused-ring (bicyclic) bond motifs is 1. The Bertz CT molecular complexity index is 1390. The number of ether oxygens (including phenoxy) is 2. The van der Waals surface area contributed by atoms with E-state index in [1.54, 1.807) is 36.9 Å². The molecule has 2 aromatic heterocycles. The van der Waals surface area contributed by atoms with Gasteiger partial charge in [0.15, 0.2) is 0 Å². The van der Waals surface area contributed by atoms with Gasteiger partial charge < -0.3 is 24.2 Å². The summed E-state index contributed by atoms with van der Waals surface area (Å²) in [6.45, 7) is 4.25. The average molecular weight is 536 g/mol. The third kappa shape index (κ3) is 5.71. The summed E-state index contributed by atoms with van der Waals surface area (Å²) in [6.07, 6.45) is 1.59. The molecule has 1 amide bonds. The molecule has 1 aliphatic heterocycles. The van der Waals surface area contributed by atoms with Crippen molar-refractivity contribution in [1.29, 1.82) is 0 Å². The van der Waals surface area contributed by atoms with Gasteiger partial charge in [-0.3, -0.25) is 9.78 Å². The summed E-state index contributed by atoms with van der Waals surface area (Å²) < 4.78 is 24.8. The lowest BCUT2D eigenvalue weighted by Crippen LogP contribution is -2.47. The van der Waals surface area contributed by atoms with E-state index >= 15 is 0 Å². The average Bonchev–Trinajstić information content (AvgIpc) is 3.50. The van der Waals surface area contributed by atoms with Crippen LogP contribution in [0.3, 0.4) is 0 Å². The Morgan fingerprint density at radius 1 is 1.08 bits per heavy atom. The number of halogens is 1. The second-order valence-corrected chi connectivity index (χ2v) is 9.96. The molecule has 0 spiro atoms. The van der Waals surface area contributed by atoms with Gasteiger partial charge in [0.05, 0.1) is 30.9 Å². The SMILES string of the molecule is COCCN(Cc1cc2ccc(F)cc2nc1N1CCN(c2cccc(OC)c2)CC1)C(=O)c1cncs1. The molecule has 8 nitrogen and oxygen atoms in total. The summed E-state index contributed by atoms with van der Waals surface area (Å²) in [5, 5.41) is 0.831. The van der Waals surface area contributed by atoms with Crippen LogP contribution in [0.2, 0.25) is 0 Å². The Morgan fingerprint density at radius 2 is 1.89 bits per heavy atom. The van der Waals surface area contributed by atoms with E-state index in [0.29, 0.717) is 30.1 Å². The molecule has 0 saturated carbocycles. The summed E-state index contributed by atoms with van der Waals surface area (Å²) >= 11 is 1.32. The van der Waals surface area contributed by atoms with Gasteiger partial charge >= 0.3 is 0 Å². The molecule has 0 radical (unpaired) electrons. The summed E-state index contributed by atoms with van der Waals surface area (Å²) in [5.41, 5.74) is 4.27. The first kappa shape index (κ1) is 25.9. The van der Waals surface area contributed by atoms with E-state index < -0.39 is 0 Å². The minimum atomic E-state index is -0.325. The van der Waals surface area contributed by atoms with Crippen molar-refractivity contribution in [3.63, 3.8) is 0 Å². The molecular weight excluding hydrogens is 505 g/mol. The third-order valence-electron chi connectivity index (χ3n) is 6.69. The van der Waals surface area contributed by atoms with Gasteiger partial charge in [-0.15, -0.1) is 11.3 Å². The monoisotopic (exact) mass is 535 g/mol. The van der Waals surface area contributed by atoms with Crippen molar-refractivity contribution in [2.24, 2.45) is 0 Å². The van der Waals surface area contributed by atoms with Crippen LogP contribution in [-0.4, -0.2) is 74.3 Å². The molecule has 0 N–H and O–H groups in total. The Hall–Kier alpha value is -3.76. The molecule has 198 valence electrons. The highest BCUT2D eigenvalue weighted by Crippen LogP contribution is 2.29. The van der Waals surface area contributed by atoms with Gasteiger partial charge in [0.25, 0.3) is 5.91 Å². The zero-order valence-electron chi connectivity index (χ0n) is 21.5. The fourth-order valence-corrected chi connectivity index (χ4v) is 5.27. The fraction of sp³-hybridized carbons (Fsp3) is 0.321. The van der Waals surface area contributed by atoms with Crippen LogP contribution < -0.4 is 14.5 Å². The molecule has 10 heteroatoms. The van der Waals surface area contributed by atoms with Gasteiger partial charge in [-0.1, -0.05) is 6.07 Å². The first-order chi connectivity index (χ1) is 18.6. The molecule has 5 rings (SSSR count). The molecule has 0 aliphatic carbocycles. The van der Waals surface area contributed by atoms with E-state index in [1.165, 1.54) is 23.5 Å². The van der Waals surface area contributed by atoms with Crippen molar-refractivity contribution in [3.8, 4) is 5.75 Å². The standard InChI is InChI=1S/C28H30FN5O3S/c1-36-13-12-34(28(35)26-17-30-19-38-26)18-21-14-20-6-7-22(29)15-25(20)31-27(21)33-10-8-32(9-11-33)23-4-3-5-24(16-23)37-2/h3-7,14-17,19H,8-13,18H2,1-2H3. The summed E-state index contributed by atoms with van der Waals surface area (Å²) in [7, 11) is 3.29. The third-order valence-corrected chi connectivity index (χ3v) is 7.45. The number of hydrogen-bond acceptors (Lipinski definition) is 8. The molecule has 2 aromatic carbocycles. The van der Waals surface area contributed by atoms with Crippen molar-refractivity contribution >= 4 is 39.7 Å². The number of anilines is 2.